The van der Waals surface area contributed by atoms with Crippen LogP contribution < -0.4 is 5.46 Å². The van der Waals surface area contributed by atoms with Crippen molar-refractivity contribution in [3.8, 4) is 0 Å². The Bertz CT molecular complexity index is 523. The maximum atomic E-state index is 6.43. The molecule has 0 N–H and O–H groups in total. The molecule has 3 heteroatoms. The van der Waals surface area contributed by atoms with Gasteiger partial charge in [0.05, 0.1) is 6.10 Å². The zero-order valence-corrected chi connectivity index (χ0v) is 11.5. The molecule has 0 amide bonds. The predicted molar refractivity (Wildman–Crippen MR) is 81.8 cm³/mol. The van der Waals surface area contributed by atoms with Crippen LogP contribution in [0.15, 0.2) is 60.7 Å². The Morgan fingerprint density at radius 1 is 0.950 bits per heavy atom. The van der Waals surface area contributed by atoms with E-state index < -0.39 is 0 Å². The number of rotatable bonds is 2. The standard InChI is InChI=1S/C17H18BNO/c1-3-8-14(9-4-1)17-16-12-7-13-19(16)18(20-17)15-10-5-2-6-11-15/h1-6,8-11,16-17H,7,12-13H2. The summed E-state index contributed by atoms with van der Waals surface area (Å²) < 4.78 is 6.43. The summed E-state index contributed by atoms with van der Waals surface area (Å²) in [5.74, 6) is 0. The van der Waals surface area contributed by atoms with Crippen LogP contribution in [0.5, 0.6) is 0 Å². The summed E-state index contributed by atoms with van der Waals surface area (Å²) in [5.41, 5.74) is 2.58. The molecule has 2 aliphatic heterocycles. The monoisotopic (exact) mass is 263 g/mol. The van der Waals surface area contributed by atoms with Gasteiger partial charge >= 0.3 is 7.05 Å². The molecule has 100 valence electrons. The SMILES string of the molecule is c1ccc(B2OC(c3ccccc3)C3CCCN23)cc1. The van der Waals surface area contributed by atoms with Gasteiger partial charge in [0.25, 0.3) is 0 Å². The summed E-state index contributed by atoms with van der Waals surface area (Å²) >= 11 is 0. The molecule has 2 aliphatic rings. The number of fused-ring (bicyclic) bond motifs is 1. The highest BCUT2D eigenvalue weighted by atomic mass is 16.5. The van der Waals surface area contributed by atoms with Gasteiger partial charge in [0.1, 0.15) is 0 Å². The lowest BCUT2D eigenvalue weighted by atomic mass is 9.72. The molecule has 0 spiro atoms. The largest absolute Gasteiger partial charge is 0.419 e. The van der Waals surface area contributed by atoms with Gasteiger partial charge in [-0.2, -0.15) is 0 Å². The molecular formula is C17H18BNO. The second-order valence-corrected chi connectivity index (χ2v) is 5.68. The molecule has 20 heavy (non-hydrogen) atoms. The molecule has 0 saturated carbocycles. The molecule has 2 saturated heterocycles. The van der Waals surface area contributed by atoms with E-state index in [4.69, 9.17) is 4.65 Å². The van der Waals surface area contributed by atoms with E-state index in [9.17, 15) is 0 Å². The van der Waals surface area contributed by atoms with E-state index in [-0.39, 0.29) is 13.2 Å². The van der Waals surface area contributed by atoms with Gasteiger partial charge in [0, 0.05) is 6.04 Å². The van der Waals surface area contributed by atoms with Crippen molar-refractivity contribution in [1.29, 1.82) is 0 Å². The Kier molecular flexibility index (Phi) is 3.09. The minimum absolute atomic E-state index is 0.119. The van der Waals surface area contributed by atoms with E-state index in [2.05, 4.69) is 65.5 Å². The van der Waals surface area contributed by atoms with Gasteiger partial charge in [-0.05, 0) is 30.4 Å². The second-order valence-electron chi connectivity index (χ2n) is 5.68. The van der Waals surface area contributed by atoms with Crippen molar-refractivity contribution >= 4 is 12.5 Å². The quantitative estimate of drug-likeness (QED) is 0.772. The zero-order chi connectivity index (χ0) is 13.4. The Labute approximate surface area is 120 Å². The minimum Gasteiger partial charge on any atom is -0.409 e. The van der Waals surface area contributed by atoms with Crippen molar-refractivity contribution in [1.82, 2.24) is 4.81 Å². The lowest BCUT2D eigenvalue weighted by Crippen LogP contribution is -2.45. The van der Waals surface area contributed by atoms with E-state index in [1.54, 1.807) is 0 Å². The maximum absolute atomic E-state index is 6.43. The van der Waals surface area contributed by atoms with Crippen LogP contribution in [-0.2, 0) is 4.65 Å². The first-order valence-electron chi connectivity index (χ1n) is 7.44. The average molecular weight is 263 g/mol. The van der Waals surface area contributed by atoms with Crippen LogP contribution in [0, 0.1) is 0 Å². The first kappa shape index (κ1) is 12.2. The van der Waals surface area contributed by atoms with E-state index in [1.807, 2.05) is 0 Å². The van der Waals surface area contributed by atoms with Crippen molar-refractivity contribution in [3.63, 3.8) is 0 Å². The normalized spacial score (nSPS) is 25.9. The molecule has 2 fully saturated rings. The van der Waals surface area contributed by atoms with Crippen LogP contribution in [-0.4, -0.2) is 24.4 Å². The fourth-order valence-corrected chi connectivity index (χ4v) is 3.57. The molecule has 2 atom stereocenters. The predicted octanol–water partition coefficient (Wildman–Crippen LogP) is 2.62. The third-order valence-corrected chi connectivity index (χ3v) is 4.48. The topological polar surface area (TPSA) is 12.5 Å². The third kappa shape index (κ3) is 1.98. The molecule has 2 heterocycles. The molecule has 0 bridgehead atoms. The smallest absolute Gasteiger partial charge is 0.409 e. The molecule has 2 unspecified atom stereocenters. The van der Waals surface area contributed by atoms with E-state index in [0.29, 0.717) is 6.04 Å². The van der Waals surface area contributed by atoms with Gasteiger partial charge in [-0.1, -0.05) is 60.7 Å². The van der Waals surface area contributed by atoms with Crippen LogP contribution >= 0.6 is 0 Å². The maximum Gasteiger partial charge on any atom is 0.419 e. The van der Waals surface area contributed by atoms with Gasteiger partial charge in [-0.15, -0.1) is 0 Å². The van der Waals surface area contributed by atoms with Crippen molar-refractivity contribution in [2.75, 3.05) is 6.54 Å². The zero-order valence-electron chi connectivity index (χ0n) is 11.5. The number of nitrogens with zero attached hydrogens (tertiary/aromatic N) is 1. The van der Waals surface area contributed by atoms with Gasteiger partial charge in [0.2, 0.25) is 0 Å². The first-order valence-corrected chi connectivity index (χ1v) is 7.44. The number of benzene rings is 2. The van der Waals surface area contributed by atoms with Gasteiger partial charge < -0.3 is 9.47 Å². The van der Waals surface area contributed by atoms with Crippen molar-refractivity contribution in [2.24, 2.45) is 0 Å². The molecule has 2 aromatic rings. The van der Waals surface area contributed by atoms with Gasteiger partial charge in [0.15, 0.2) is 0 Å². The van der Waals surface area contributed by atoms with E-state index in [0.717, 1.165) is 6.54 Å². The summed E-state index contributed by atoms with van der Waals surface area (Å²) in [7, 11) is 0.119. The van der Waals surface area contributed by atoms with E-state index in [1.165, 1.54) is 23.9 Å². The van der Waals surface area contributed by atoms with Crippen molar-refractivity contribution in [3.05, 3.63) is 66.2 Å². The minimum atomic E-state index is 0.119. The highest BCUT2D eigenvalue weighted by Crippen LogP contribution is 2.39. The molecule has 4 rings (SSSR count). The Morgan fingerprint density at radius 3 is 2.40 bits per heavy atom. The van der Waals surface area contributed by atoms with E-state index >= 15 is 0 Å². The third-order valence-electron chi connectivity index (χ3n) is 4.48. The second kappa shape index (κ2) is 5.08. The van der Waals surface area contributed by atoms with Crippen LogP contribution in [0.4, 0.5) is 0 Å². The summed E-state index contributed by atoms with van der Waals surface area (Å²) in [6.45, 7) is 1.15. The number of hydrogen-bond donors (Lipinski definition) is 0. The summed E-state index contributed by atoms with van der Waals surface area (Å²) in [5, 5.41) is 0. The van der Waals surface area contributed by atoms with Crippen LogP contribution in [0.3, 0.4) is 0 Å². The molecule has 0 radical (unpaired) electrons. The molecular weight excluding hydrogens is 245 g/mol. The summed E-state index contributed by atoms with van der Waals surface area (Å²) in [4.78, 5) is 2.53. The van der Waals surface area contributed by atoms with Crippen molar-refractivity contribution in [2.45, 2.75) is 25.0 Å². The van der Waals surface area contributed by atoms with Crippen LogP contribution in [0.1, 0.15) is 24.5 Å². The fraction of sp³-hybridized carbons (Fsp3) is 0.294. The fourth-order valence-electron chi connectivity index (χ4n) is 3.57. The number of hydrogen-bond acceptors (Lipinski definition) is 2. The van der Waals surface area contributed by atoms with Crippen LogP contribution in [0.25, 0.3) is 0 Å². The highest BCUT2D eigenvalue weighted by molar-refractivity contribution is 6.65. The lowest BCUT2D eigenvalue weighted by Gasteiger charge is -2.19. The van der Waals surface area contributed by atoms with Crippen molar-refractivity contribution < 1.29 is 4.65 Å². The molecule has 0 aliphatic carbocycles. The highest BCUT2D eigenvalue weighted by Gasteiger charge is 2.48. The van der Waals surface area contributed by atoms with Gasteiger partial charge in [-0.3, -0.25) is 0 Å². The molecule has 2 aromatic carbocycles. The average Bonchev–Trinajstić information content (AvgIpc) is 3.11. The summed E-state index contributed by atoms with van der Waals surface area (Å²) in [6.07, 6.45) is 2.73. The summed E-state index contributed by atoms with van der Waals surface area (Å²) in [6, 6.07) is 21.8. The first-order chi connectivity index (χ1) is 9.93. The lowest BCUT2D eigenvalue weighted by molar-refractivity contribution is 0.207. The molecule has 0 aromatic heterocycles. The Hall–Kier alpha value is -1.58. The van der Waals surface area contributed by atoms with Gasteiger partial charge in [-0.25, -0.2) is 0 Å². The van der Waals surface area contributed by atoms with Crippen LogP contribution in [0.2, 0.25) is 0 Å². The Balaban J connectivity index is 1.68. The Morgan fingerprint density at radius 2 is 1.65 bits per heavy atom. The molecule has 2 nitrogen and oxygen atoms in total.